The Labute approximate surface area is 130 Å². The summed E-state index contributed by atoms with van der Waals surface area (Å²) in [4.78, 5) is 0. The Hall–Kier alpha value is -1.79. The highest BCUT2D eigenvalue weighted by Crippen LogP contribution is 2.48. The van der Waals surface area contributed by atoms with Crippen LogP contribution < -0.4 is 0 Å². The van der Waals surface area contributed by atoms with Gasteiger partial charge in [-0.3, -0.25) is 0 Å². The largest absolute Gasteiger partial charge is 0.117 e. The van der Waals surface area contributed by atoms with Crippen molar-refractivity contribution in [3.05, 3.63) is 82.9 Å². The summed E-state index contributed by atoms with van der Waals surface area (Å²) < 4.78 is 0. The number of benzene rings is 3. The second-order valence-electron chi connectivity index (χ2n) is 5.93. The third-order valence-electron chi connectivity index (χ3n) is 4.71. The molecule has 2 unspecified atom stereocenters. The summed E-state index contributed by atoms with van der Waals surface area (Å²) >= 11 is 6.92. The van der Waals surface area contributed by atoms with Crippen LogP contribution in [0, 0.1) is 6.92 Å². The second kappa shape index (κ2) is 4.89. The Morgan fingerprint density at radius 3 is 2.57 bits per heavy atom. The Morgan fingerprint density at radius 2 is 1.71 bits per heavy atom. The van der Waals surface area contributed by atoms with Crippen LogP contribution in [0.3, 0.4) is 0 Å². The third-order valence-corrected chi connectivity index (χ3v) is 5.23. The van der Waals surface area contributed by atoms with Gasteiger partial charge >= 0.3 is 0 Å². The number of halogens is 1. The lowest BCUT2D eigenvalue weighted by Crippen LogP contribution is -2.21. The van der Waals surface area contributed by atoms with E-state index >= 15 is 0 Å². The van der Waals surface area contributed by atoms with E-state index in [4.69, 9.17) is 11.6 Å². The first kappa shape index (κ1) is 12.9. The molecule has 0 aromatic heterocycles. The van der Waals surface area contributed by atoms with Gasteiger partial charge in [0.1, 0.15) is 0 Å². The first-order valence-corrected chi connectivity index (χ1v) is 7.89. The fourth-order valence-electron chi connectivity index (χ4n) is 3.53. The van der Waals surface area contributed by atoms with Gasteiger partial charge in [-0.25, -0.2) is 0 Å². The van der Waals surface area contributed by atoms with Gasteiger partial charge in [0.05, 0.1) is 5.38 Å². The van der Waals surface area contributed by atoms with Crippen molar-refractivity contribution >= 4 is 22.4 Å². The minimum absolute atomic E-state index is 0.0472. The maximum absolute atomic E-state index is 6.92. The quantitative estimate of drug-likeness (QED) is 0.526. The van der Waals surface area contributed by atoms with Crippen molar-refractivity contribution in [1.82, 2.24) is 0 Å². The lowest BCUT2D eigenvalue weighted by molar-refractivity contribution is 0.588. The standard InChI is InChI=1S/C20H17Cl/c1-13-10-11-14-6-2-5-9-17(14)19(13)20(21)18-12-15-7-3-4-8-16(15)18/h2-11,18,20H,12H2,1H3. The predicted molar refractivity (Wildman–Crippen MR) is 90.2 cm³/mol. The van der Waals surface area contributed by atoms with Gasteiger partial charge < -0.3 is 0 Å². The van der Waals surface area contributed by atoms with Gasteiger partial charge in [0.15, 0.2) is 0 Å². The fraction of sp³-hybridized carbons (Fsp3) is 0.200. The highest BCUT2D eigenvalue weighted by atomic mass is 35.5. The number of aryl methyl sites for hydroxylation is 1. The Morgan fingerprint density at radius 1 is 0.952 bits per heavy atom. The van der Waals surface area contributed by atoms with Crippen molar-refractivity contribution in [3.63, 3.8) is 0 Å². The summed E-state index contributed by atoms with van der Waals surface area (Å²) in [6, 6.07) is 21.6. The monoisotopic (exact) mass is 292 g/mol. The molecule has 0 radical (unpaired) electrons. The molecule has 0 saturated heterocycles. The second-order valence-corrected chi connectivity index (χ2v) is 6.40. The maximum Gasteiger partial charge on any atom is 0.0665 e. The van der Waals surface area contributed by atoms with Gasteiger partial charge in [0.2, 0.25) is 0 Å². The van der Waals surface area contributed by atoms with E-state index < -0.39 is 0 Å². The van der Waals surface area contributed by atoms with E-state index in [9.17, 15) is 0 Å². The van der Waals surface area contributed by atoms with Gasteiger partial charge in [0.25, 0.3) is 0 Å². The molecule has 3 aromatic carbocycles. The lowest BCUT2D eigenvalue weighted by Gasteiger charge is -2.34. The molecule has 0 saturated carbocycles. The topological polar surface area (TPSA) is 0 Å². The molecule has 0 bridgehead atoms. The van der Waals surface area contributed by atoms with E-state index in [1.165, 1.54) is 33.0 Å². The summed E-state index contributed by atoms with van der Waals surface area (Å²) in [5, 5.41) is 2.62. The summed E-state index contributed by atoms with van der Waals surface area (Å²) in [5.41, 5.74) is 5.46. The van der Waals surface area contributed by atoms with Crippen LogP contribution in [-0.2, 0) is 6.42 Å². The van der Waals surface area contributed by atoms with Crippen LogP contribution in [0.2, 0.25) is 0 Å². The summed E-state index contributed by atoms with van der Waals surface area (Å²) in [6.45, 7) is 2.17. The fourth-order valence-corrected chi connectivity index (χ4v) is 4.05. The first-order chi connectivity index (χ1) is 10.3. The number of fused-ring (bicyclic) bond motifs is 2. The molecule has 0 N–H and O–H groups in total. The van der Waals surface area contributed by atoms with Crippen LogP contribution in [0.4, 0.5) is 0 Å². The van der Waals surface area contributed by atoms with E-state index in [1.807, 2.05) is 0 Å². The average molecular weight is 293 g/mol. The highest BCUT2D eigenvalue weighted by Gasteiger charge is 2.33. The Bertz CT molecular complexity index is 819. The highest BCUT2D eigenvalue weighted by molar-refractivity contribution is 6.22. The van der Waals surface area contributed by atoms with Crippen molar-refractivity contribution in [2.75, 3.05) is 0 Å². The normalized spacial score (nSPS) is 18.1. The van der Waals surface area contributed by atoms with Gasteiger partial charge in [-0.1, -0.05) is 60.7 Å². The van der Waals surface area contributed by atoms with E-state index in [2.05, 4.69) is 67.6 Å². The van der Waals surface area contributed by atoms with E-state index in [1.54, 1.807) is 0 Å². The molecule has 2 atom stereocenters. The van der Waals surface area contributed by atoms with Gasteiger partial charge in [-0.2, -0.15) is 0 Å². The van der Waals surface area contributed by atoms with Crippen molar-refractivity contribution in [2.24, 2.45) is 0 Å². The molecule has 0 heterocycles. The average Bonchev–Trinajstić information content (AvgIpc) is 2.48. The molecule has 0 spiro atoms. The molecule has 0 amide bonds. The van der Waals surface area contributed by atoms with Gasteiger partial charge in [-0.15, -0.1) is 11.6 Å². The zero-order valence-corrected chi connectivity index (χ0v) is 12.8. The summed E-state index contributed by atoms with van der Waals surface area (Å²) in [7, 11) is 0. The molecule has 4 rings (SSSR count). The maximum atomic E-state index is 6.92. The van der Waals surface area contributed by atoms with Gasteiger partial charge in [-0.05, 0) is 46.4 Å². The summed E-state index contributed by atoms with van der Waals surface area (Å²) in [5.74, 6) is 0.437. The molecule has 0 fully saturated rings. The molecule has 0 aliphatic heterocycles. The molecule has 1 heteroatoms. The Balaban J connectivity index is 1.82. The molecule has 0 nitrogen and oxygen atoms in total. The zero-order chi connectivity index (χ0) is 14.4. The number of alkyl halides is 1. The van der Waals surface area contributed by atoms with Crippen LogP contribution in [0.5, 0.6) is 0 Å². The summed E-state index contributed by atoms with van der Waals surface area (Å²) in [6.07, 6.45) is 1.09. The minimum Gasteiger partial charge on any atom is -0.117 e. The van der Waals surface area contributed by atoms with Crippen LogP contribution in [-0.4, -0.2) is 0 Å². The third kappa shape index (κ3) is 1.98. The molecule has 104 valence electrons. The molecule has 1 aliphatic rings. The van der Waals surface area contributed by atoms with Crippen LogP contribution in [0.25, 0.3) is 10.8 Å². The van der Waals surface area contributed by atoms with E-state index in [-0.39, 0.29) is 5.38 Å². The molecular weight excluding hydrogens is 276 g/mol. The molecule has 3 aromatic rings. The lowest BCUT2D eigenvalue weighted by atomic mass is 9.73. The SMILES string of the molecule is Cc1ccc2ccccc2c1C(Cl)C1Cc2ccccc21. The smallest absolute Gasteiger partial charge is 0.0665 e. The van der Waals surface area contributed by atoms with Crippen molar-refractivity contribution < 1.29 is 0 Å². The van der Waals surface area contributed by atoms with E-state index in [0.29, 0.717) is 5.92 Å². The van der Waals surface area contributed by atoms with Crippen LogP contribution in [0.1, 0.15) is 33.5 Å². The van der Waals surface area contributed by atoms with Crippen molar-refractivity contribution in [3.8, 4) is 0 Å². The number of rotatable bonds is 2. The first-order valence-electron chi connectivity index (χ1n) is 7.46. The zero-order valence-electron chi connectivity index (χ0n) is 12.0. The Kier molecular flexibility index (Phi) is 3.01. The van der Waals surface area contributed by atoms with Crippen LogP contribution >= 0.6 is 11.6 Å². The molecular formula is C20H17Cl. The van der Waals surface area contributed by atoms with Gasteiger partial charge in [0, 0.05) is 5.92 Å². The van der Waals surface area contributed by atoms with Crippen molar-refractivity contribution in [2.45, 2.75) is 24.6 Å². The van der Waals surface area contributed by atoms with Crippen LogP contribution in [0.15, 0.2) is 60.7 Å². The number of hydrogen-bond acceptors (Lipinski definition) is 0. The minimum atomic E-state index is 0.0472. The molecule has 21 heavy (non-hydrogen) atoms. The predicted octanol–water partition coefficient (Wildman–Crippen LogP) is 5.77. The van der Waals surface area contributed by atoms with Crippen molar-refractivity contribution in [1.29, 1.82) is 0 Å². The molecule has 1 aliphatic carbocycles. The number of hydrogen-bond donors (Lipinski definition) is 0. The van der Waals surface area contributed by atoms with E-state index in [0.717, 1.165) is 6.42 Å².